The lowest BCUT2D eigenvalue weighted by molar-refractivity contribution is -0.124. The fraction of sp³-hybridized carbons (Fsp3) is 0.368. The second-order valence-electron chi connectivity index (χ2n) is 6.54. The van der Waals surface area contributed by atoms with Crippen molar-refractivity contribution in [1.82, 2.24) is 10.6 Å². The molecule has 2 aromatic rings. The van der Waals surface area contributed by atoms with Gasteiger partial charge in [-0.05, 0) is 53.8 Å². The maximum atomic E-state index is 13.8. The van der Waals surface area contributed by atoms with Gasteiger partial charge < -0.3 is 10.6 Å². The van der Waals surface area contributed by atoms with Gasteiger partial charge in [-0.15, -0.1) is 0 Å². The van der Waals surface area contributed by atoms with E-state index in [1.807, 2.05) is 23.8 Å². The maximum Gasteiger partial charge on any atom is 0.257 e. The van der Waals surface area contributed by atoms with E-state index in [1.165, 1.54) is 6.07 Å². The van der Waals surface area contributed by atoms with Gasteiger partial charge in [-0.3, -0.25) is 9.59 Å². The number of thiophene rings is 1. The van der Waals surface area contributed by atoms with Crippen molar-refractivity contribution in [1.29, 1.82) is 0 Å². The number of amides is 2. The summed E-state index contributed by atoms with van der Waals surface area (Å²) in [6, 6.07) is 4.14. The molecule has 26 heavy (non-hydrogen) atoms. The molecule has 7 heteroatoms. The van der Waals surface area contributed by atoms with Crippen LogP contribution in [0, 0.1) is 17.6 Å². The number of carbonyl (C=O) groups excluding carboxylic acids is 2. The Balaban J connectivity index is 2.05. The van der Waals surface area contributed by atoms with Crippen molar-refractivity contribution in [3.8, 4) is 0 Å². The van der Waals surface area contributed by atoms with Gasteiger partial charge in [0.2, 0.25) is 5.91 Å². The molecule has 0 radical (unpaired) electrons. The Kier molecular flexibility index (Phi) is 6.85. The Morgan fingerprint density at radius 2 is 1.73 bits per heavy atom. The van der Waals surface area contributed by atoms with Gasteiger partial charge in [0.05, 0.1) is 0 Å². The highest BCUT2D eigenvalue weighted by Gasteiger charge is 2.28. The lowest BCUT2D eigenvalue weighted by Crippen LogP contribution is -2.52. The van der Waals surface area contributed by atoms with Crippen LogP contribution in [0.15, 0.2) is 35.0 Å². The summed E-state index contributed by atoms with van der Waals surface area (Å²) in [5.74, 6) is -3.50. The summed E-state index contributed by atoms with van der Waals surface area (Å²) >= 11 is 1.58. The summed E-state index contributed by atoms with van der Waals surface area (Å²) in [4.78, 5) is 24.8. The van der Waals surface area contributed by atoms with Crippen LogP contribution in [0.25, 0.3) is 0 Å². The molecule has 2 rings (SSSR count). The number of hydrogen-bond donors (Lipinski definition) is 2. The Hall–Kier alpha value is -2.28. The van der Waals surface area contributed by atoms with Crippen molar-refractivity contribution >= 4 is 23.2 Å². The number of carbonyl (C=O) groups is 2. The third-order valence-corrected chi connectivity index (χ3v) is 4.67. The predicted octanol–water partition coefficient (Wildman–Crippen LogP) is 3.53. The van der Waals surface area contributed by atoms with Crippen LogP contribution in [0.1, 0.15) is 36.7 Å². The molecule has 1 aromatic heterocycles. The molecule has 0 saturated heterocycles. The van der Waals surface area contributed by atoms with Crippen LogP contribution in [0.5, 0.6) is 0 Å². The zero-order valence-corrected chi connectivity index (χ0v) is 15.7. The van der Waals surface area contributed by atoms with E-state index in [-0.39, 0.29) is 17.9 Å². The average molecular weight is 380 g/mol. The van der Waals surface area contributed by atoms with Crippen LogP contribution in [0.4, 0.5) is 8.78 Å². The molecule has 2 N–H and O–H groups in total. The van der Waals surface area contributed by atoms with Crippen molar-refractivity contribution in [2.24, 2.45) is 5.92 Å². The van der Waals surface area contributed by atoms with E-state index in [0.29, 0.717) is 6.42 Å². The van der Waals surface area contributed by atoms with Crippen molar-refractivity contribution in [2.45, 2.75) is 39.3 Å². The number of benzene rings is 1. The summed E-state index contributed by atoms with van der Waals surface area (Å²) in [6.45, 7) is 5.38. The van der Waals surface area contributed by atoms with Crippen LogP contribution >= 0.6 is 11.3 Å². The lowest BCUT2D eigenvalue weighted by Gasteiger charge is -2.24. The highest BCUT2D eigenvalue weighted by molar-refractivity contribution is 7.07. The van der Waals surface area contributed by atoms with Crippen LogP contribution < -0.4 is 10.6 Å². The molecule has 2 amide bonds. The standard InChI is InChI=1S/C19H22F2N2O2S/c1-11(2)17(19(25)22-12(3)9-13-7-8-26-10-13)23-18(24)16-14(20)5-4-6-15(16)21/h4-8,10-12,17H,9H2,1-3H3,(H,22,25)(H,23,24). The SMILES string of the molecule is CC(Cc1ccsc1)NC(=O)C(NC(=O)c1c(F)cccc1F)C(C)C. The quantitative estimate of drug-likeness (QED) is 0.772. The molecule has 140 valence electrons. The van der Waals surface area contributed by atoms with Crippen LogP contribution in [-0.4, -0.2) is 23.9 Å². The van der Waals surface area contributed by atoms with Crippen molar-refractivity contribution < 1.29 is 18.4 Å². The fourth-order valence-corrected chi connectivity index (χ4v) is 3.29. The highest BCUT2D eigenvalue weighted by atomic mass is 32.1. The van der Waals surface area contributed by atoms with Gasteiger partial charge in [-0.25, -0.2) is 8.78 Å². The molecule has 0 bridgehead atoms. The minimum atomic E-state index is -0.962. The number of hydrogen-bond acceptors (Lipinski definition) is 3. The van der Waals surface area contributed by atoms with E-state index in [9.17, 15) is 18.4 Å². The molecule has 0 fully saturated rings. The minimum absolute atomic E-state index is 0.138. The summed E-state index contributed by atoms with van der Waals surface area (Å²) in [5.41, 5.74) is 0.429. The smallest absolute Gasteiger partial charge is 0.257 e. The normalized spacial score (nSPS) is 13.3. The topological polar surface area (TPSA) is 58.2 Å². The van der Waals surface area contributed by atoms with Crippen LogP contribution in [0.3, 0.4) is 0 Å². The van der Waals surface area contributed by atoms with E-state index in [1.54, 1.807) is 25.2 Å². The molecular weight excluding hydrogens is 358 g/mol. The molecule has 2 unspecified atom stereocenters. The van der Waals surface area contributed by atoms with Crippen molar-refractivity contribution in [3.05, 3.63) is 57.8 Å². The molecule has 0 aliphatic carbocycles. The number of halogens is 2. The van der Waals surface area contributed by atoms with Crippen LogP contribution in [-0.2, 0) is 11.2 Å². The van der Waals surface area contributed by atoms with Gasteiger partial charge in [0.15, 0.2) is 0 Å². The first-order valence-corrected chi connectivity index (χ1v) is 9.30. The largest absolute Gasteiger partial charge is 0.352 e. The molecule has 2 atom stereocenters. The Morgan fingerprint density at radius 1 is 1.08 bits per heavy atom. The second kappa shape index (κ2) is 8.89. The van der Waals surface area contributed by atoms with Crippen molar-refractivity contribution in [3.63, 3.8) is 0 Å². The summed E-state index contributed by atoms with van der Waals surface area (Å²) in [7, 11) is 0. The molecule has 1 aromatic carbocycles. The maximum absolute atomic E-state index is 13.8. The molecule has 0 aliphatic rings. The summed E-state index contributed by atoms with van der Waals surface area (Å²) in [5, 5.41) is 9.27. The average Bonchev–Trinajstić information content (AvgIpc) is 3.04. The summed E-state index contributed by atoms with van der Waals surface area (Å²) in [6.07, 6.45) is 0.663. The van der Waals surface area contributed by atoms with Gasteiger partial charge in [0.1, 0.15) is 23.2 Å². The molecule has 4 nitrogen and oxygen atoms in total. The number of nitrogens with one attached hydrogen (secondary N) is 2. The van der Waals surface area contributed by atoms with E-state index in [2.05, 4.69) is 10.6 Å². The summed E-state index contributed by atoms with van der Waals surface area (Å²) < 4.78 is 27.5. The minimum Gasteiger partial charge on any atom is -0.352 e. The molecule has 1 heterocycles. The number of rotatable bonds is 7. The van der Waals surface area contributed by atoms with Gasteiger partial charge in [-0.2, -0.15) is 11.3 Å². The molecular formula is C19H22F2N2O2S. The van der Waals surface area contributed by atoms with E-state index >= 15 is 0 Å². The van der Waals surface area contributed by atoms with E-state index in [4.69, 9.17) is 0 Å². The molecule has 0 spiro atoms. The first kappa shape index (κ1) is 20.0. The third kappa shape index (κ3) is 5.11. The Labute approximate surface area is 155 Å². The van der Waals surface area contributed by atoms with Gasteiger partial charge >= 0.3 is 0 Å². The first-order valence-electron chi connectivity index (χ1n) is 8.36. The zero-order valence-electron chi connectivity index (χ0n) is 14.9. The molecule has 0 aliphatic heterocycles. The highest BCUT2D eigenvalue weighted by Crippen LogP contribution is 2.14. The van der Waals surface area contributed by atoms with Gasteiger partial charge in [0, 0.05) is 6.04 Å². The Morgan fingerprint density at radius 3 is 2.27 bits per heavy atom. The third-order valence-electron chi connectivity index (χ3n) is 3.94. The first-order chi connectivity index (χ1) is 12.3. The second-order valence-corrected chi connectivity index (χ2v) is 7.32. The van der Waals surface area contributed by atoms with Crippen LogP contribution in [0.2, 0.25) is 0 Å². The predicted molar refractivity (Wildman–Crippen MR) is 98.1 cm³/mol. The van der Waals surface area contributed by atoms with E-state index in [0.717, 1.165) is 17.7 Å². The zero-order chi connectivity index (χ0) is 19.3. The van der Waals surface area contributed by atoms with Crippen molar-refractivity contribution in [2.75, 3.05) is 0 Å². The molecule has 0 saturated carbocycles. The fourth-order valence-electron chi connectivity index (χ4n) is 2.61. The lowest BCUT2D eigenvalue weighted by atomic mass is 10.0. The Bertz CT molecular complexity index is 743. The van der Waals surface area contributed by atoms with Gasteiger partial charge in [0.25, 0.3) is 5.91 Å². The monoisotopic (exact) mass is 380 g/mol. The van der Waals surface area contributed by atoms with E-state index < -0.39 is 29.1 Å². The van der Waals surface area contributed by atoms with Gasteiger partial charge in [-0.1, -0.05) is 19.9 Å².